The highest BCUT2D eigenvalue weighted by atomic mass is 19.1. The van der Waals surface area contributed by atoms with Gasteiger partial charge in [-0.3, -0.25) is 0 Å². The van der Waals surface area contributed by atoms with Crippen molar-refractivity contribution >= 4 is 0 Å². The first-order valence-electron chi connectivity index (χ1n) is 5.30. The molecule has 2 atom stereocenters. The van der Waals surface area contributed by atoms with Crippen molar-refractivity contribution in [3.63, 3.8) is 0 Å². The van der Waals surface area contributed by atoms with Crippen molar-refractivity contribution in [1.82, 2.24) is 0 Å². The highest BCUT2D eigenvalue weighted by Crippen LogP contribution is 2.30. The van der Waals surface area contributed by atoms with Crippen molar-refractivity contribution in [3.05, 3.63) is 29.6 Å². The third-order valence-electron chi connectivity index (χ3n) is 2.62. The summed E-state index contributed by atoms with van der Waals surface area (Å²) in [4.78, 5) is 0. The number of hydrogen-bond donors (Lipinski definition) is 2. The topological polar surface area (TPSA) is 55.5 Å². The minimum Gasteiger partial charge on any atom is -0.496 e. The van der Waals surface area contributed by atoms with E-state index in [1.165, 1.54) is 12.1 Å². The molecule has 0 spiro atoms. The fraction of sp³-hybridized carbons (Fsp3) is 0.500. The van der Waals surface area contributed by atoms with E-state index in [0.717, 1.165) is 5.56 Å². The van der Waals surface area contributed by atoms with Gasteiger partial charge in [0.05, 0.1) is 13.2 Å². The van der Waals surface area contributed by atoms with E-state index in [9.17, 15) is 9.50 Å². The first-order valence-corrected chi connectivity index (χ1v) is 5.30. The Bertz CT molecular complexity index is 344. The number of hydrogen-bond acceptors (Lipinski definition) is 3. The standard InChI is InChI=1S/C12H18FNO2/c1-8(5-10(15)7-14)11-6-9(13)3-4-12(11)16-2/h3-4,6,8,10,15H,5,7,14H2,1-2H3. The molecule has 1 aromatic carbocycles. The van der Waals surface area contributed by atoms with Crippen molar-refractivity contribution in [2.24, 2.45) is 5.73 Å². The quantitative estimate of drug-likeness (QED) is 0.804. The Morgan fingerprint density at radius 3 is 2.75 bits per heavy atom. The van der Waals surface area contributed by atoms with Gasteiger partial charge in [0.2, 0.25) is 0 Å². The predicted octanol–water partition coefficient (Wildman–Crippen LogP) is 1.65. The summed E-state index contributed by atoms with van der Waals surface area (Å²) in [5.74, 6) is 0.340. The minimum absolute atomic E-state index is 0.00389. The second-order valence-corrected chi connectivity index (χ2v) is 3.91. The highest BCUT2D eigenvalue weighted by molar-refractivity contribution is 5.36. The average Bonchev–Trinajstić information content (AvgIpc) is 2.28. The SMILES string of the molecule is COc1ccc(F)cc1C(C)CC(O)CN. The van der Waals surface area contributed by atoms with E-state index in [1.54, 1.807) is 13.2 Å². The molecule has 0 saturated heterocycles. The van der Waals surface area contributed by atoms with Crippen LogP contribution < -0.4 is 10.5 Å². The van der Waals surface area contributed by atoms with Crippen molar-refractivity contribution in [2.45, 2.75) is 25.4 Å². The maximum Gasteiger partial charge on any atom is 0.123 e. The van der Waals surface area contributed by atoms with Crippen molar-refractivity contribution < 1.29 is 14.2 Å². The Balaban J connectivity index is 2.88. The molecule has 0 saturated carbocycles. The summed E-state index contributed by atoms with van der Waals surface area (Å²) in [6.45, 7) is 2.12. The van der Waals surface area contributed by atoms with Gasteiger partial charge in [0, 0.05) is 6.54 Å². The van der Waals surface area contributed by atoms with E-state index in [1.807, 2.05) is 6.92 Å². The van der Waals surface area contributed by atoms with Crippen LogP contribution in [0.5, 0.6) is 5.75 Å². The van der Waals surface area contributed by atoms with E-state index in [4.69, 9.17) is 10.5 Å². The van der Waals surface area contributed by atoms with Crippen molar-refractivity contribution in [2.75, 3.05) is 13.7 Å². The number of ether oxygens (including phenoxy) is 1. The van der Waals surface area contributed by atoms with Gasteiger partial charge in [0.15, 0.2) is 0 Å². The largest absolute Gasteiger partial charge is 0.496 e. The van der Waals surface area contributed by atoms with Gasteiger partial charge in [-0.15, -0.1) is 0 Å². The molecule has 0 fully saturated rings. The number of nitrogens with two attached hydrogens (primary N) is 1. The molecule has 3 N–H and O–H groups in total. The Hall–Kier alpha value is -1.13. The molecular formula is C12H18FNO2. The van der Waals surface area contributed by atoms with Gasteiger partial charge in [-0.25, -0.2) is 4.39 Å². The Morgan fingerprint density at radius 1 is 1.50 bits per heavy atom. The summed E-state index contributed by atoms with van der Waals surface area (Å²) >= 11 is 0. The molecule has 1 rings (SSSR count). The summed E-state index contributed by atoms with van der Waals surface area (Å²) in [5.41, 5.74) is 6.10. The number of benzene rings is 1. The van der Waals surface area contributed by atoms with Crippen molar-refractivity contribution in [3.8, 4) is 5.75 Å². The Labute approximate surface area is 95.0 Å². The lowest BCUT2D eigenvalue weighted by Gasteiger charge is -2.18. The van der Waals surface area contributed by atoms with Crippen LogP contribution in [-0.4, -0.2) is 24.9 Å². The zero-order valence-electron chi connectivity index (χ0n) is 9.61. The molecule has 0 aliphatic heterocycles. The van der Waals surface area contributed by atoms with Crippen LogP contribution in [0.1, 0.15) is 24.8 Å². The molecule has 16 heavy (non-hydrogen) atoms. The molecular weight excluding hydrogens is 209 g/mol. The lowest BCUT2D eigenvalue weighted by Crippen LogP contribution is -2.21. The first kappa shape index (κ1) is 12.9. The molecule has 0 aliphatic carbocycles. The second-order valence-electron chi connectivity index (χ2n) is 3.91. The van der Waals surface area contributed by atoms with Gasteiger partial charge in [0.1, 0.15) is 11.6 Å². The third-order valence-corrected chi connectivity index (χ3v) is 2.62. The Kier molecular flexibility index (Phi) is 4.71. The van der Waals surface area contributed by atoms with Crippen LogP contribution in [-0.2, 0) is 0 Å². The van der Waals surface area contributed by atoms with E-state index < -0.39 is 6.10 Å². The number of methoxy groups -OCH3 is 1. The van der Waals surface area contributed by atoms with Crippen molar-refractivity contribution in [1.29, 1.82) is 0 Å². The predicted molar refractivity (Wildman–Crippen MR) is 61.0 cm³/mol. The van der Waals surface area contributed by atoms with E-state index in [0.29, 0.717) is 12.2 Å². The van der Waals surface area contributed by atoms with E-state index >= 15 is 0 Å². The summed E-state index contributed by atoms with van der Waals surface area (Å²) in [6, 6.07) is 4.39. The maximum atomic E-state index is 13.1. The first-order chi connectivity index (χ1) is 7.58. The monoisotopic (exact) mass is 227 g/mol. The summed E-state index contributed by atoms with van der Waals surface area (Å²) in [5, 5.41) is 9.46. The molecule has 0 heterocycles. The zero-order valence-corrected chi connectivity index (χ0v) is 9.61. The summed E-state index contributed by atoms with van der Waals surface area (Å²) in [6.07, 6.45) is -0.0703. The summed E-state index contributed by atoms with van der Waals surface area (Å²) < 4.78 is 18.3. The van der Waals surface area contributed by atoms with Crippen LogP contribution in [0.3, 0.4) is 0 Å². The molecule has 2 unspecified atom stereocenters. The fourth-order valence-corrected chi connectivity index (χ4v) is 1.72. The lowest BCUT2D eigenvalue weighted by atomic mass is 9.94. The third kappa shape index (κ3) is 3.18. The Morgan fingerprint density at radius 2 is 2.19 bits per heavy atom. The van der Waals surface area contributed by atoms with Crippen LogP contribution in [0.25, 0.3) is 0 Å². The molecule has 0 bridgehead atoms. The molecule has 0 aromatic heterocycles. The average molecular weight is 227 g/mol. The number of halogens is 1. The second kappa shape index (κ2) is 5.82. The van der Waals surface area contributed by atoms with Crippen LogP contribution >= 0.6 is 0 Å². The molecule has 1 aromatic rings. The smallest absolute Gasteiger partial charge is 0.123 e. The number of aliphatic hydroxyl groups excluding tert-OH is 1. The van der Waals surface area contributed by atoms with Gasteiger partial charge in [0.25, 0.3) is 0 Å². The van der Waals surface area contributed by atoms with Gasteiger partial charge in [-0.2, -0.15) is 0 Å². The lowest BCUT2D eigenvalue weighted by molar-refractivity contribution is 0.164. The van der Waals surface area contributed by atoms with Gasteiger partial charge < -0.3 is 15.6 Å². The molecule has 0 radical (unpaired) electrons. The van der Waals surface area contributed by atoms with Crippen LogP contribution in [0.2, 0.25) is 0 Å². The fourth-order valence-electron chi connectivity index (χ4n) is 1.72. The van der Waals surface area contributed by atoms with Crippen LogP contribution in [0.4, 0.5) is 4.39 Å². The maximum absolute atomic E-state index is 13.1. The van der Waals surface area contributed by atoms with Crippen LogP contribution in [0, 0.1) is 5.82 Å². The molecule has 0 amide bonds. The molecule has 4 heteroatoms. The molecule has 0 aliphatic rings. The normalized spacial score (nSPS) is 14.6. The molecule has 3 nitrogen and oxygen atoms in total. The summed E-state index contributed by atoms with van der Waals surface area (Å²) in [7, 11) is 1.54. The minimum atomic E-state index is -0.567. The number of aliphatic hydroxyl groups is 1. The number of rotatable bonds is 5. The highest BCUT2D eigenvalue weighted by Gasteiger charge is 2.15. The zero-order chi connectivity index (χ0) is 12.1. The van der Waals surface area contributed by atoms with E-state index in [-0.39, 0.29) is 18.3 Å². The van der Waals surface area contributed by atoms with Gasteiger partial charge in [-0.1, -0.05) is 6.92 Å². The van der Waals surface area contributed by atoms with Gasteiger partial charge in [-0.05, 0) is 36.1 Å². The van der Waals surface area contributed by atoms with E-state index in [2.05, 4.69) is 0 Å². The van der Waals surface area contributed by atoms with Gasteiger partial charge >= 0.3 is 0 Å². The van der Waals surface area contributed by atoms with Crippen LogP contribution in [0.15, 0.2) is 18.2 Å². The molecule has 90 valence electrons.